The Morgan fingerprint density at radius 1 is 1.43 bits per heavy atom. The summed E-state index contributed by atoms with van der Waals surface area (Å²) >= 11 is 0. The van der Waals surface area contributed by atoms with E-state index in [2.05, 4.69) is 15.1 Å². The topological polar surface area (TPSA) is 58.5 Å². The van der Waals surface area contributed by atoms with Gasteiger partial charge in [0.15, 0.2) is 0 Å². The molecule has 0 spiro atoms. The highest BCUT2D eigenvalue weighted by atomic mass is 16.2. The van der Waals surface area contributed by atoms with Gasteiger partial charge in [-0.1, -0.05) is 6.92 Å². The molecule has 14 heavy (non-hydrogen) atoms. The normalized spacial score (nSPS) is 15.9. The van der Waals surface area contributed by atoms with Gasteiger partial charge in [-0.25, -0.2) is 9.97 Å². The summed E-state index contributed by atoms with van der Waals surface area (Å²) in [6.45, 7) is 1.97. The van der Waals surface area contributed by atoms with Crippen LogP contribution < -0.4 is 5.01 Å². The van der Waals surface area contributed by atoms with Gasteiger partial charge in [0, 0.05) is 18.1 Å². The van der Waals surface area contributed by atoms with E-state index in [-0.39, 0.29) is 5.91 Å². The second kappa shape index (κ2) is 3.53. The average Bonchev–Trinajstić information content (AvgIpc) is 2.61. The van der Waals surface area contributed by atoms with E-state index in [9.17, 15) is 4.79 Å². The minimum atomic E-state index is -0.0620. The third kappa shape index (κ3) is 1.48. The van der Waals surface area contributed by atoms with Crippen molar-refractivity contribution in [2.24, 2.45) is 5.10 Å². The summed E-state index contributed by atoms with van der Waals surface area (Å²) < 4.78 is 0. The molecule has 1 aliphatic heterocycles. The van der Waals surface area contributed by atoms with Crippen LogP contribution in [0.5, 0.6) is 0 Å². The van der Waals surface area contributed by atoms with Crippen LogP contribution in [0, 0.1) is 0 Å². The molecule has 1 aromatic rings. The number of aromatic nitrogens is 2. The minimum absolute atomic E-state index is 0.0620. The van der Waals surface area contributed by atoms with Crippen LogP contribution in [0.4, 0.5) is 5.95 Å². The van der Waals surface area contributed by atoms with Crippen molar-refractivity contribution in [1.82, 2.24) is 9.97 Å². The summed E-state index contributed by atoms with van der Waals surface area (Å²) in [5.74, 6) is 0.286. The van der Waals surface area contributed by atoms with Crippen LogP contribution in [0.3, 0.4) is 0 Å². The van der Waals surface area contributed by atoms with Gasteiger partial charge in [0.2, 0.25) is 0 Å². The Labute approximate surface area is 81.5 Å². The average molecular weight is 190 g/mol. The zero-order valence-corrected chi connectivity index (χ0v) is 7.84. The molecule has 1 aromatic heterocycles. The quantitative estimate of drug-likeness (QED) is 0.698. The molecule has 2 rings (SSSR count). The lowest BCUT2D eigenvalue weighted by Crippen LogP contribution is -2.21. The molecule has 72 valence electrons. The van der Waals surface area contributed by atoms with E-state index in [0.29, 0.717) is 12.4 Å². The van der Waals surface area contributed by atoms with Crippen molar-refractivity contribution in [2.75, 3.05) is 5.01 Å². The summed E-state index contributed by atoms with van der Waals surface area (Å²) in [5.41, 5.74) is 0.877. The molecule has 0 aromatic carbocycles. The molecule has 0 fully saturated rings. The number of hydrogen-bond acceptors (Lipinski definition) is 4. The van der Waals surface area contributed by atoms with Gasteiger partial charge in [0.05, 0.1) is 6.42 Å². The maximum Gasteiger partial charge on any atom is 0.255 e. The van der Waals surface area contributed by atoms with Crippen LogP contribution in [0.15, 0.2) is 23.6 Å². The molecule has 5 nitrogen and oxygen atoms in total. The molecular formula is C9H10N4O. The van der Waals surface area contributed by atoms with Gasteiger partial charge in [-0.05, 0) is 12.5 Å². The number of rotatable bonds is 2. The Hall–Kier alpha value is -1.78. The van der Waals surface area contributed by atoms with Gasteiger partial charge in [-0.15, -0.1) is 0 Å². The van der Waals surface area contributed by atoms with Crippen LogP contribution >= 0.6 is 0 Å². The molecule has 1 amide bonds. The van der Waals surface area contributed by atoms with Gasteiger partial charge >= 0.3 is 0 Å². The fourth-order valence-corrected chi connectivity index (χ4v) is 1.23. The SMILES string of the molecule is CCC1=NN(c2ncccn2)C(=O)C1. The summed E-state index contributed by atoms with van der Waals surface area (Å²) in [6, 6.07) is 1.70. The van der Waals surface area contributed by atoms with E-state index in [1.54, 1.807) is 18.5 Å². The first-order valence-corrected chi connectivity index (χ1v) is 4.47. The summed E-state index contributed by atoms with van der Waals surface area (Å²) in [7, 11) is 0. The first-order chi connectivity index (χ1) is 6.81. The molecule has 0 unspecified atom stereocenters. The lowest BCUT2D eigenvalue weighted by atomic mass is 10.2. The number of hydrogen-bond donors (Lipinski definition) is 0. The fraction of sp³-hybridized carbons (Fsp3) is 0.333. The minimum Gasteiger partial charge on any atom is -0.272 e. The van der Waals surface area contributed by atoms with E-state index in [4.69, 9.17) is 0 Å². The van der Waals surface area contributed by atoms with E-state index in [1.165, 1.54) is 5.01 Å². The van der Waals surface area contributed by atoms with Crippen LogP contribution in [-0.4, -0.2) is 21.6 Å². The highest BCUT2D eigenvalue weighted by Crippen LogP contribution is 2.15. The third-order valence-electron chi connectivity index (χ3n) is 1.98. The lowest BCUT2D eigenvalue weighted by molar-refractivity contribution is -0.117. The third-order valence-corrected chi connectivity index (χ3v) is 1.98. The second-order valence-corrected chi connectivity index (χ2v) is 2.95. The Kier molecular flexibility index (Phi) is 2.22. The van der Waals surface area contributed by atoms with Crippen LogP contribution in [-0.2, 0) is 4.79 Å². The highest BCUT2D eigenvalue weighted by Gasteiger charge is 2.25. The van der Waals surface area contributed by atoms with Gasteiger partial charge in [0.25, 0.3) is 11.9 Å². The monoisotopic (exact) mass is 190 g/mol. The zero-order valence-electron chi connectivity index (χ0n) is 7.84. The summed E-state index contributed by atoms with van der Waals surface area (Å²) in [4.78, 5) is 19.4. The van der Waals surface area contributed by atoms with Crippen molar-refractivity contribution in [3.05, 3.63) is 18.5 Å². The Morgan fingerprint density at radius 2 is 2.14 bits per heavy atom. The predicted octanol–water partition coefficient (Wildman–Crippen LogP) is 0.979. The first-order valence-electron chi connectivity index (χ1n) is 4.47. The smallest absolute Gasteiger partial charge is 0.255 e. The predicted molar refractivity (Wildman–Crippen MR) is 51.9 cm³/mol. The van der Waals surface area contributed by atoms with Crippen molar-refractivity contribution >= 4 is 17.6 Å². The Bertz CT molecular complexity index is 374. The van der Waals surface area contributed by atoms with Crippen LogP contribution in [0.25, 0.3) is 0 Å². The van der Waals surface area contributed by atoms with Crippen molar-refractivity contribution in [1.29, 1.82) is 0 Å². The zero-order chi connectivity index (χ0) is 9.97. The van der Waals surface area contributed by atoms with E-state index in [0.717, 1.165) is 12.1 Å². The molecule has 0 aliphatic carbocycles. The molecule has 5 heteroatoms. The number of carbonyl (C=O) groups is 1. The maximum atomic E-state index is 11.5. The van der Waals surface area contributed by atoms with E-state index < -0.39 is 0 Å². The van der Waals surface area contributed by atoms with Gasteiger partial charge < -0.3 is 0 Å². The highest BCUT2D eigenvalue weighted by molar-refractivity contribution is 6.12. The van der Waals surface area contributed by atoms with Gasteiger partial charge in [-0.2, -0.15) is 10.1 Å². The summed E-state index contributed by atoms with van der Waals surface area (Å²) in [5, 5.41) is 5.40. The largest absolute Gasteiger partial charge is 0.272 e. The number of hydrazone groups is 1. The second-order valence-electron chi connectivity index (χ2n) is 2.95. The molecule has 0 saturated carbocycles. The number of amides is 1. The number of anilines is 1. The van der Waals surface area contributed by atoms with Gasteiger partial charge in [0.1, 0.15) is 0 Å². The number of carbonyl (C=O) groups excluding carboxylic acids is 1. The molecule has 0 atom stereocenters. The first kappa shape index (κ1) is 8.80. The molecular weight excluding hydrogens is 180 g/mol. The van der Waals surface area contributed by atoms with Gasteiger partial charge in [-0.3, -0.25) is 4.79 Å². The van der Waals surface area contributed by atoms with Crippen molar-refractivity contribution in [2.45, 2.75) is 19.8 Å². The van der Waals surface area contributed by atoms with Crippen molar-refractivity contribution < 1.29 is 4.79 Å². The molecule has 0 saturated heterocycles. The fourth-order valence-electron chi connectivity index (χ4n) is 1.23. The maximum absolute atomic E-state index is 11.5. The molecule has 1 aliphatic rings. The van der Waals surface area contributed by atoms with Crippen LogP contribution in [0.2, 0.25) is 0 Å². The molecule has 2 heterocycles. The Balaban J connectivity index is 2.28. The number of nitrogens with zero attached hydrogens (tertiary/aromatic N) is 4. The van der Waals surface area contributed by atoms with E-state index in [1.807, 2.05) is 6.92 Å². The van der Waals surface area contributed by atoms with E-state index >= 15 is 0 Å². The summed E-state index contributed by atoms with van der Waals surface area (Å²) in [6.07, 6.45) is 4.36. The lowest BCUT2D eigenvalue weighted by Gasteiger charge is -2.07. The Morgan fingerprint density at radius 3 is 2.71 bits per heavy atom. The van der Waals surface area contributed by atoms with Crippen LogP contribution in [0.1, 0.15) is 19.8 Å². The standard InChI is InChI=1S/C9H10N4O/c1-2-7-6-8(14)13(12-7)9-10-4-3-5-11-9/h3-5H,2,6H2,1H3. The molecule has 0 N–H and O–H groups in total. The molecule has 0 bridgehead atoms. The molecule has 0 radical (unpaired) electrons. The van der Waals surface area contributed by atoms with Crippen molar-refractivity contribution in [3.8, 4) is 0 Å². The van der Waals surface area contributed by atoms with Crippen molar-refractivity contribution in [3.63, 3.8) is 0 Å².